The summed E-state index contributed by atoms with van der Waals surface area (Å²) in [7, 11) is 0. The van der Waals surface area contributed by atoms with Gasteiger partial charge in [0.05, 0.1) is 6.10 Å². The molecule has 0 radical (unpaired) electrons. The molecule has 2 aromatic rings. The quantitative estimate of drug-likeness (QED) is 0.685. The van der Waals surface area contributed by atoms with E-state index in [1.165, 1.54) is 11.1 Å². The van der Waals surface area contributed by atoms with E-state index >= 15 is 0 Å². The maximum absolute atomic E-state index is 11.2. The zero-order valence-corrected chi connectivity index (χ0v) is 14.3. The number of hydrogen-bond acceptors (Lipinski definition) is 3. The Balaban J connectivity index is 1.97. The number of carbonyl (C=O) groups excluding carboxylic acids is 1. The minimum absolute atomic E-state index is 0.0928. The van der Waals surface area contributed by atoms with Gasteiger partial charge in [-0.2, -0.15) is 0 Å². The minimum Gasteiger partial charge on any atom is -0.390 e. The van der Waals surface area contributed by atoms with Crippen LogP contribution in [0.2, 0.25) is 0 Å². The van der Waals surface area contributed by atoms with Gasteiger partial charge >= 0.3 is 0 Å². The molecule has 0 spiro atoms. The molecule has 2 N–H and O–H groups in total. The molecule has 4 nitrogen and oxygen atoms in total. The molecule has 0 aliphatic rings. The lowest BCUT2D eigenvalue weighted by atomic mass is 10.1. The smallest absolute Gasteiger partial charge is 0.235 e. The van der Waals surface area contributed by atoms with Gasteiger partial charge in [-0.25, -0.2) is 0 Å². The summed E-state index contributed by atoms with van der Waals surface area (Å²) in [5, 5.41) is 12.8. The van der Waals surface area contributed by atoms with Gasteiger partial charge in [0.25, 0.3) is 0 Å². The van der Waals surface area contributed by atoms with Crippen LogP contribution in [-0.2, 0) is 17.9 Å². The first-order chi connectivity index (χ1) is 11.7. The summed E-state index contributed by atoms with van der Waals surface area (Å²) in [5.41, 5.74) is 2.37. The number of amides is 1. The van der Waals surface area contributed by atoms with Gasteiger partial charge < -0.3 is 10.4 Å². The lowest BCUT2D eigenvalue weighted by molar-refractivity contribution is -0.119. The maximum Gasteiger partial charge on any atom is 0.235 e. The molecule has 0 fully saturated rings. The lowest BCUT2D eigenvalue weighted by Gasteiger charge is -2.25. The van der Waals surface area contributed by atoms with Crippen LogP contribution in [0.25, 0.3) is 0 Å². The van der Waals surface area contributed by atoms with Gasteiger partial charge in [-0.05, 0) is 11.1 Å². The topological polar surface area (TPSA) is 52.6 Å². The molecule has 0 aromatic heterocycles. The summed E-state index contributed by atoms with van der Waals surface area (Å²) < 4.78 is 0. The van der Waals surface area contributed by atoms with Crippen molar-refractivity contribution in [3.8, 4) is 0 Å². The van der Waals surface area contributed by atoms with Gasteiger partial charge in [0.15, 0.2) is 0 Å². The summed E-state index contributed by atoms with van der Waals surface area (Å²) in [6, 6.07) is 20.3. The van der Waals surface area contributed by atoms with Crippen LogP contribution in [0.15, 0.2) is 60.7 Å². The Morgan fingerprint density at radius 1 is 1.00 bits per heavy atom. The SMILES string of the molecule is O=C(CCl)NCC(O)CN(Cc1ccccc1)Cc1ccccc1. The summed E-state index contributed by atoms with van der Waals surface area (Å²) in [5.74, 6) is -0.363. The number of hydrogen-bond donors (Lipinski definition) is 2. The molecule has 1 atom stereocenters. The number of halogens is 1. The molecular weight excluding hydrogens is 324 g/mol. The van der Waals surface area contributed by atoms with Crippen LogP contribution in [0, 0.1) is 0 Å². The van der Waals surface area contributed by atoms with Gasteiger partial charge in [0.2, 0.25) is 5.91 Å². The molecule has 0 bridgehead atoms. The van der Waals surface area contributed by atoms with Crippen molar-refractivity contribution in [2.24, 2.45) is 0 Å². The average Bonchev–Trinajstić information content (AvgIpc) is 2.61. The molecule has 0 heterocycles. The van der Waals surface area contributed by atoms with Gasteiger partial charge in [-0.1, -0.05) is 60.7 Å². The summed E-state index contributed by atoms with van der Waals surface area (Å²) in [6.07, 6.45) is -0.649. The number of nitrogens with zero attached hydrogens (tertiary/aromatic N) is 1. The minimum atomic E-state index is -0.649. The van der Waals surface area contributed by atoms with Crippen molar-refractivity contribution in [2.75, 3.05) is 19.0 Å². The highest BCUT2D eigenvalue weighted by Gasteiger charge is 2.14. The first-order valence-electron chi connectivity index (χ1n) is 7.98. The van der Waals surface area contributed by atoms with Crippen LogP contribution >= 0.6 is 11.6 Å². The van der Waals surface area contributed by atoms with E-state index < -0.39 is 6.10 Å². The average molecular weight is 347 g/mol. The zero-order chi connectivity index (χ0) is 17.2. The van der Waals surface area contributed by atoms with Crippen molar-refractivity contribution in [2.45, 2.75) is 19.2 Å². The van der Waals surface area contributed by atoms with Gasteiger partial charge in [0.1, 0.15) is 5.88 Å². The Morgan fingerprint density at radius 2 is 1.50 bits per heavy atom. The predicted molar refractivity (Wildman–Crippen MR) is 96.7 cm³/mol. The summed E-state index contributed by atoms with van der Waals surface area (Å²) in [4.78, 5) is 13.4. The number of aliphatic hydroxyl groups excluding tert-OH is 1. The molecule has 1 unspecified atom stereocenters. The van der Waals surface area contributed by atoms with Crippen LogP contribution in [-0.4, -0.2) is 41.0 Å². The Morgan fingerprint density at radius 3 is 1.96 bits per heavy atom. The molecule has 0 aliphatic heterocycles. The number of nitrogens with one attached hydrogen (secondary N) is 1. The Kier molecular flexibility index (Phi) is 7.75. The highest BCUT2D eigenvalue weighted by molar-refractivity contribution is 6.27. The maximum atomic E-state index is 11.2. The molecule has 2 rings (SSSR count). The number of carbonyl (C=O) groups is 1. The van der Waals surface area contributed by atoms with E-state index in [-0.39, 0.29) is 18.3 Å². The highest BCUT2D eigenvalue weighted by Crippen LogP contribution is 2.10. The molecule has 24 heavy (non-hydrogen) atoms. The number of alkyl halides is 1. The number of rotatable bonds is 9. The van der Waals surface area contributed by atoms with E-state index in [0.29, 0.717) is 6.54 Å². The summed E-state index contributed by atoms with van der Waals surface area (Å²) in [6.45, 7) is 2.13. The third kappa shape index (κ3) is 6.71. The largest absolute Gasteiger partial charge is 0.390 e. The third-order valence-electron chi connectivity index (χ3n) is 3.62. The van der Waals surface area contributed by atoms with Crippen molar-refractivity contribution in [1.82, 2.24) is 10.2 Å². The molecular formula is C19H23ClN2O2. The Bertz CT molecular complexity index is 566. The van der Waals surface area contributed by atoms with Crippen LogP contribution in [0.1, 0.15) is 11.1 Å². The Hall–Kier alpha value is -1.88. The van der Waals surface area contributed by atoms with E-state index in [1.54, 1.807) is 0 Å². The van der Waals surface area contributed by atoms with Crippen LogP contribution in [0.3, 0.4) is 0 Å². The monoisotopic (exact) mass is 346 g/mol. The molecule has 2 aromatic carbocycles. The van der Waals surface area contributed by atoms with Crippen molar-refractivity contribution in [3.05, 3.63) is 71.8 Å². The van der Waals surface area contributed by atoms with Gasteiger partial charge in [0, 0.05) is 26.2 Å². The fraction of sp³-hybridized carbons (Fsp3) is 0.316. The molecule has 0 saturated heterocycles. The second-order valence-electron chi connectivity index (χ2n) is 5.73. The second-order valence-corrected chi connectivity index (χ2v) is 6.00. The summed E-state index contributed by atoms with van der Waals surface area (Å²) >= 11 is 5.45. The standard InChI is InChI=1S/C19H23ClN2O2/c20-11-19(24)21-12-18(23)15-22(13-16-7-3-1-4-8-16)14-17-9-5-2-6-10-17/h1-10,18,23H,11-15H2,(H,21,24). The van der Waals surface area contributed by atoms with E-state index in [9.17, 15) is 9.90 Å². The number of aliphatic hydroxyl groups is 1. The first-order valence-corrected chi connectivity index (χ1v) is 8.51. The van der Waals surface area contributed by atoms with E-state index in [0.717, 1.165) is 13.1 Å². The Labute approximate surface area is 148 Å². The van der Waals surface area contributed by atoms with E-state index in [2.05, 4.69) is 34.5 Å². The predicted octanol–water partition coefficient (Wildman–Crippen LogP) is 2.40. The number of benzene rings is 2. The molecule has 0 saturated carbocycles. The highest BCUT2D eigenvalue weighted by atomic mass is 35.5. The van der Waals surface area contributed by atoms with E-state index in [4.69, 9.17) is 11.6 Å². The van der Waals surface area contributed by atoms with Crippen LogP contribution < -0.4 is 5.32 Å². The fourth-order valence-corrected chi connectivity index (χ4v) is 2.60. The molecule has 5 heteroatoms. The first kappa shape index (κ1) is 18.5. The van der Waals surface area contributed by atoms with Crippen molar-refractivity contribution >= 4 is 17.5 Å². The van der Waals surface area contributed by atoms with Crippen molar-refractivity contribution in [1.29, 1.82) is 0 Å². The third-order valence-corrected chi connectivity index (χ3v) is 3.87. The fourth-order valence-electron chi connectivity index (χ4n) is 2.51. The zero-order valence-electron chi connectivity index (χ0n) is 13.6. The van der Waals surface area contributed by atoms with Gasteiger partial charge in [-0.15, -0.1) is 11.6 Å². The molecule has 128 valence electrons. The van der Waals surface area contributed by atoms with E-state index in [1.807, 2.05) is 36.4 Å². The van der Waals surface area contributed by atoms with Gasteiger partial charge in [-0.3, -0.25) is 9.69 Å². The normalized spacial score (nSPS) is 12.1. The van der Waals surface area contributed by atoms with Crippen LogP contribution in [0.4, 0.5) is 0 Å². The van der Waals surface area contributed by atoms with Crippen molar-refractivity contribution < 1.29 is 9.90 Å². The molecule has 1 amide bonds. The van der Waals surface area contributed by atoms with Crippen molar-refractivity contribution in [3.63, 3.8) is 0 Å². The second kappa shape index (κ2) is 10.1. The van der Waals surface area contributed by atoms with Crippen LogP contribution in [0.5, 0.6) is 0 Å². The molecule has 0 aliphatic carbocycles. The lowest BCUT2D eigenvalue weighted by Crippen LogP contribution is -2.40.